The quantitative estimate of drug-likeness (QED) is 0.833. The fraction of sp³-hybridized carbons (Fsp3) is 0.190. The largest absolute Gasteiger partial charge is 0.493 e. The van der Waals surface area contributed by atoms with Gasteiger partial charge < -0.3 is 19.7 Å². The van der Waals surface area contributed by atoms with Gasteiger partial charge in [-0.1, -0.05) is 24.3 Å². The number of nitrogens with one attached hydrogen (secondary N) is 1. The summed E-state index contributed by atoms with van der Waals surface area (Å²) in [5.41, 5.74) is 4.34. The third-order valence-electron chi connectivity index (χ3n) is 4.27. The number of benzene rings is 2. The fourth-order valence-corrected chi connectivity index (χ4v) is 2.82. The summed E-state index contributed by atoms with van der Waals surface area (Å²) in [5.74, 6) is 1.05. The van der Waals surface area contributed by atoms with E-state index in [9.17, 15) is 4.79 Å². The maximum atomic E-state index is 12.3. The number of methoxy groups -OCH3 is 2. The maximum Gasteiger partial charge on any atom is 0.256 e. The topological polar surface area (TPSA) is 50.8 Å². The van der Waals surface area contributed by atoms with Crippen LogP contribution in [0.4, 0.5) is 11.4 Å². The Morgan fingerprint density at radius 2 is 1.65 bits per heavy atom. The first-order chi connectivity index (χ1) is 12.5. The van der Waals surface area contributed by atoms with Gasteiger partial charge in [0.05, 0.1) is 19.9 Å². The minimum absolute atomic E-state index is 0.136. The van der Waals surface area contributed by atoms with Gasteiger partial charge in [-0.2, -0.15) is 0 Å². The van der Waals surface area contributed by atoms with Gasteiger partial charge in [0.2, 0.25) is 0 Å². The molecule has 0 aliphatic carbocycles. The SMILES string of the molecule is COc1cc2c(cc1OC)/C(=C/C=C/c1ccc(N(C)C)cc1)C(=O)N2. The van der Waals surface area contributed by atoms with Crippen molar-refractivity contribution in [3.63, 3.8) is 0 Å². The number of carbonyl (C=O) groups is 1. The molecular formula is C21H22N2O3. The molecule has 0 bridgehead atoms. The Morgan fingerprint density at radius 3 is 2.27 bits per heavy atom. The average Bonchev–Trinajstić information content (AvgIpc) is 2.95. The molecule has 134 valence electrons. The van der Waals surface area contributed by atoms with Crippen LogP contribution in [0.1, 0.15) is 11.1 Å². The molecule has 26 heavy (non-hydrogen) atoms. The number of hydrogen-bond donors (Lipinski definition) is 1. The number of allylic oxidation sites excluding steroid dienone is 2. The predicted octanol–water partition coefficient (Wildman–Crippen LogP) is 3.82. The molecule has 2 aromatic rings. The Labute approximate surface area is 153 Å². The van der Waals surface area contributed by atoms with Crippen molar-refractivity contribution in [2.75, 3.05) is 38.5 Å². The zero-order valence-electron chi connectivity index (χ0n) is 15.4. The van der Waals surface area contributed by atoms with Crippen molar-refractivity contribution in [1.29, 1.82) is 0 Å². The molecule has 0 spiro atoms. The Hall–Kier alpha value is -3.21. The van der Waals surface area contributed by atoms with Crippen molar-refractivity contribution in [2.24, 2.45) is 0 Å². The number of anilines is 2. The van der Waals surface area contributed by atoms with Crippen molar-refractivity contribution in [3.8, 4) is 11.5 Å². The van der Waals surface area contributed by atoms with Crippen LogP contribution in [0.3, 0.4) is 0 Å². The lowest BCUT2D eigenvalue weighted by atomic mass is 10.1. The molecule has 0 saturated carbocycles. The number of fused-ring (bicyclic) bond motifs is 1. The molecule has 5 nitrogen and oxygen atoms in total. The third kappa shape index (κ3) is 3.42. The lowest BCUT2D eigenvalue weighted by Crippen LogP contribution is -2.07. The maximum absolute atomic E-state index is 12.3. The molecule has 0 radical (unpaired) electrons. The smallest absolute Gasteiger partial charge is 0.256 e. The summed E-state index contributed by atoms with van der Waals surface area (Å²) in [5, 5.41) is 2.86. The van der Waals surface area contributed by atoms with Crippen LogP contribution in [0.2, 0.25) is 0 Å². The van der Waals surface area contributed by atoms with Crippen molar-refractivity contribution in [1.82, 2.24) is 0 Å². The normalized spacial score (nSPS) is 14.5. The van der Waals surface area contributed by atoms with Crippen molar-refractivity contribution < 1.29 is 14.3 Å². The number of carbonyl (C=O) groups excluding carboxylic acids is 1. The van der Waals surface area contributed by atoms with Gasteiger partial charge in [-0.3, -0.25) is 4.79 Å². The van der Waals surface area contributed by atoms with Gasteiger partial charge in [0.1, 0.15) is 0 Å². The van der Waals surface area contributed by atoms with Crippen LogP contribution < -0.4 is 19.7 Å². The Balaban J connectivity index is 1.87. The minimum Gasteiger partial charge on any atom is -0.493 e. The second-order valence-corrected chi connectivity index (χ2v) is 6.13. The summed E-state index contributed by atoms with van der Waals surface area (Å²) in [6.45, 7) is 0. The van der Waals surface area contributed by atoms with E-state index in [1.165, 1.54) is 0 Å². The predicted molar refractivity (Wildman–Crippen MR) is 106 cm³/mol. The first-order valence-electron chi connectivity index (χ1n) is 8.27. The second kappa shape index (κ2) is 7.35. The number of hydrogen-bond acceptors (Lipinski definition) is 4. The molecular weight excluding hydrogens is 328 g/mol. The molecule has 0 saturated heterocycles. The summed E-state index contributed by atoms with van der Waals surface area (Å²) in [7, 11) is 7.17. The van der Waals surface area contributed by atoms with Gasteiger partial charge in [0.15, 0.2) is 11.5 Å². The Bertz CT molecular complexity index is 881. The Morgan fingerprint density at radius 1 is 1.00 bits per heavy atom. The van der Waals surface area contributed by atoms with Crippen LogP contribution in [0.5, 0.6) is 11.5 Å². The van der Waals surface area contributed by atoms with Crippen LogP contribution in [0, 0.1) is 0 Å². The molecule has 3 rings (SSSR count). The zero-order valence-corrected chi connectivity index (χ0v) is 15.4. The molecule has 5 heteroatoms. The van der Waals surface area contributed by atoms with E-state index in [-0.39, 0.29) is 5.91 Å². The molecule has 1 N–H and O–H groups in total. The monoisotopic (exact) mass is 350 g/mol. The first-order valence-corrected chi connectivity index (χ1v) is 8.27. The van der Waals surface area contributed by atoms with E-state index < -0.39 is 0 Å². The van der Waals surface area contributed by atoms with E-state index in [1.807, 2.05) is 50.5 Å². The molecule has 0 atom stereocenters. The van der Waals surface area contributed by atoms with Gasteiger partial charge in [-0.25, -0.2) is 0 Å². The number of ether oxygens (including phenoxy) is 2. The molecule has 1 heterocycles. The Kier molecular flexibility index (Phi) is 4.98. The molecule has 0 aromatic heterocycles. The number of rotatable bonds is 5. The van der Waals surface area contributed by atoms with Crippen molar-refractivity contribution in [3.05, 3.63) is 59.7 Å². The van der Waals surface area contributed by atoms with Gasteiger partial charge in [-0.15, -0.1) is 0 Å². The zero-order chi connectivity index (χ0) is 18.7. The van der Waals surface area contributed by atoms with Gasteiger partial charge in [-0.05, 0) is 29.8 Å². The van der Waals surface area contributed by atoms with E-state index >= 15 is 0 Å². The van der Waals surface area contributed by atoms with Gasteiger partial charge in [0.25, 0.3) is 5.91 Å². The van der Waals surface area contributed by atoms with Crippen LogP contribution in [-0.4, -0.2) is 34.2 Å². The molecule has 2 aromatic carbocycles. The summed E-state index contributed by atoms with van der Waals surface area (Å²) < 4.78 is 10.6. The van der Waals surface area contributed by atoms with Crippen LogP contribution in [0.15, 0.2) is 48.6 Å². The molecule has 0 fully saturated rings. The van der Waals surface area contributed by atoms with Crippen LogP contribution >= 0.6 is 0 Å². The summed E-state index contributed by atoms with van der Waals surface area (Å²) >= 11 is 0. The van der Waals surface area contributed by atoms with Crippen LogP contribution in [-0.2, 0) is 4.79 Å². The molecule has 1 aliphatic rings. The van der Waals surface area contributed by atoms with Crippen molar-refractivity contribution >= 4 is 28.9 Å². The lowest BCUT2D eigenvalue weighted by Gasteiger charge is -2.11. The van der Waals surface area contributed by atoms with E-state index in [4.69, 9.17) is 9.47 Å². The van der Waals surface area contributed by atoms with Crippen molar-refractivity contribution in [2.45, 2.75) is 0 Å². The number of amides is 1. The highest BCUT2D eigenvalue weighted by Gasteiger charge is 2.26. The van der Waals surface area contributed by atoms with E-state index in [2.05, 4.69) is 22.3 Å². The summed E-state index contributed by atoms with van der Waals surface area (Å²) in [6.07, 6.45) is 5.66. The van der Waals surface area contributed by atoms with Gasteiger partial charge in [0, 0.05) is 37.0 Å². The lowest BCUT2D eigenvalue weighted by molar-refractivity contribution is -0.110. The van der Waals surface area contributed by atoms with Crippen LogP contribution in [0.25, 0.3) is 11.6 Å². The average molecular weight is 350 g/mol. The molecule has 1 amide bonds. The van der Waals surface area contributed by atoms with E-state index in [1.54, 1.807) is 20.3 Å². The van der Waals surface area contributed by atoms with E-state index in [0.717, 1.165) is 22.5 Å². The number of nitrogens with zero attached hydrogens (tertiary/aromatic N) is 1. The van der Waals surface area contributed by atoms with E-state index in [0.29, 0.717) is 17.1 Å². The molecule has 1 aliphatic heterocycles. The molecule has 0 unspecified atom stereocenters. The third-order valence-corrected chi connectivity index (χ3v) is 4.27. The standard InChI is InChI=1S/C21H22N2O3/c1-23(2)15-10-8-14(9-11-15)6-5-7-16-17-12-19(25-3)20(26-4)13-18(17)22-21(16)24/h5-13H,1-4H3,(H,22,24)/b6-5+,16-7-. The second-order valence-electron chi connectivity index (χ2n) is 6.13. The highest BCUT2D eigenvalue weighted by atomic mass is 16.5. The van der Waals surface area contributed by atoms with Gasteiger partial charge >= 0.3 is 0 Å². The summed E-state index contributed by atoms with van der Waals surface area (Å²) in [6, 6.07) is 11.8. The summed E-state index contributed by atoms with van der Waals surface area (Å²) in [4.78, 5) is 14.3. The first kappa shape index (κ1) is 17.6. The highest BCUT2D eigenvalue weighted by Crippen LogP contribution is 2.40. The minimum atomic E-state index is -0.136. The highest BCUT2D eigenvalue weighted by molar-refractivity contribution is 6.32. The fourth-order valence-electron chi connectivity index (χ4n) is 2.82.